The van der Waals surface area contributed by atoms with E-state index >= 15 is 0 Å². The summed E-state index contributed by atoms with van der Waals surface area (Å²) in [6, 6.07) is 39.1. The maximum Gasteiger partial charge on any atom is 0.408 e. The Morgan fingerprint density at radius 1 is 0.636 bits per heavy atom. The number of benzene rings is 6. The van der Waals surface area contributed by atoms with Gasteiger partial charge in [0.2, 0.25) is 53.0 Å². The van der Waals surface area contributed by atoms with Crippen LogP contribution in [0.15, 0.2) is 181 Å². The highest BCUT2D eigenvalue weighted by Gasteiger charge is 2.41. The van der Waals surface area contributed by atoms with Crippen LogP contribution in [0.5, 0.6) is 5.75 Å². The standard InChI is InChI=1S/C37H43N9O6.C32H35N5O7.C28H42N2O6/c38-37(39)40-16-6-11-28-34(50)46-31(19-24-20-41-27-10-5-4-9-26(24)27)33(49)42-21-32(48)43-29(18-23-12-14-25(47)15-13-23)35(51)45-30(36(52)44-28)17-22-7-2-1-3-8-22;33-28(38)12-11-25(30(40)37-15-5-10-27(37)31(41)42)35-29(39)26(16-19-13-14-34-17-19)36-32(43)44-18-24-22-8-3-1-6-20(22)21-7-2-4-9-23(21)24;1-4-23(27(33)25(31)12-8-9-13-30-14-16-35-17-15-30)19-26(32)24(18-21(2)3)29-28(34)36-20-22-10-6-5-7-11-22/h1-5,7-10,12-15,20,28-31,41,47H,6,11,16-19,21H2,(H,42,49)(H,43,48)(H,44,52)(H,45,51)(H,46,50)(H4,38,39,40);1-4,6-9,14,17,24-27H,5,10-13,15-16,18H2,(H2,33,38)(H,35,39)(H,36,43)(H,41,42);5-7,10-11,21,23-24H,4,8-9,12-20H2,1-3H3,(H,29,34)/p+1/t28?,29-,30+,31-;25-,26-,27?;23-,24+/m100/s1. The SMILES string of the molecule is CC[C@@H](CC(=O)[C@@H](CC(C)C)NC(=O)OCc1ccccc1)C(=O)C(=O)CCCCN1CCOCC1.NC(=O)CC[C@H](NC(=O)[C@H](CC1=C[NH+]=CC1)NC(=O)OCC1c2ccccc2-c2ccccc21)C(=O)N1CCCC1C(=O)O.NC(N)=NCCCC1NC(=O)[C@H](Cc2ccccc2)NC(=O)[C@@H](Cc2ccc(O)cc2)NC(=O)CNC(=O)[C@@H](Cc2c[nH]c3ccccc23)NC1=O. The zero-order valence-corrected chi connectivity index (χ0v) is 74.6. The lowest BCUT2D eigenvalue weighted by atomic mass is 9.87. The first kappa shape index (κ1) is 100. The number of para-hydroxylation sites is 1. The van der Waals surface area contributed by atoms with E-state index in [1.807, 2.05) is 123 Å². The highest BCUT2D eigenvalue weighted by Crippen LogP contribution is 2.44. The molecule has 3 saturated heterocycles. The molecule has 702 valence electrons. The van der Waals surface area contributed by atoms with Crippen molar-refractivity contribution in [1.29, 1.82) is 0 Å². The van der Waals surface area contributed by atoms with E-state index in [9.17, 15) is 77.3 Å². The fourth-order valence-electron chi connectivity index (χ4n) is 16.4. The second kappa shape index (κ2) is 50.9. The van der Waals surface area contributed by atoms with Gasteiger partial charge >= 0.3 is 18.2 Å². The van der Waals surface area contributed by atoms with Gasteiger partial charge in [-0.1, -0.05) is 160 Å². The summed E-state index contributed by atoms with van der Waals surface area (Å²) in [5.41, 5.74) is 25.2. The number of hydrogen-bond donors (Lipinski definition) is 15. The number of alkyl carbamates (subject to hydrolysis) is 2. The number of nitrogens with one attached hydrogen (secondary N) is 10. The van der Waals surface area contributed by atoms with Gasteiger partial charge in [-0.15, -0.1) is 0 Å². The number of nitrogens with zero attached hydrogens (tertiary/aromatic N) is 3. The van der Waals surface area contributed by atoms with Crippen molar-refractivity contribution in [2.75, 3.05) is 59.1 Å². The molecule has 35 nitrogen and oxygen atoms in total. The number of Topliss-reactive ketones (excluding diaryl/α,β-unsaturated/α-hetero) is 3. The summed E-state index contributed by atoms with van der Waals surface area (Å²) in [7, 11) is 0. The number of carbonyl (C=O) groups is 14. The van der Waals surface area contributed by atoms with E-state index in [-0.39, 0.29) is 113 Å². The second-order valence-corrected chi connectivity index (χ2v) is 33.7. The molecule has 5 aliphatic rings. The highest BCUT2D eigenvalue weighted by molar-refractivity contribution is 6.38. The zero-order valence-electron chi connectivity index (χ0n) is 74.6. The molecule has 132 heavy (non-hydrogen) atoms. The molecule has 5 heterocycles. The summed E-state index contributed by atoms with van der Waals surface area (Å²) in [4.78, 5) is 197. The number of aromatic nitrogens is 1. The molecule has 0 bridgehead atoms. The number of amides is 10. The number of likely N-dealkylation sites (tertiary alicyclic amines) is 1. The number of phenols is 1. The van der Waals surface area contributed by atoms with Crippen molar-refractivity contribution >= 4 is 106 Å². The Bertz CT molecular complexity index is 5200. The Hall–Kier alpha value is -14.0. The number of ketones is 3. The number of guanidine groups is 1. The predicted octanol–water partition coefficient (Wildman–Crippen LogP) is 4.53. The molecule has 10 amide bonds. The molecule has 7 aromatic rings. The Labute approximate surface area is 765 Å². The summed E-state index contributed by atoms with van der Waals surface area (Å²) in [5.74, 6) is -8.27. The smallest absolute Gasteiger partial charge is 0.408 e. The van der Waals surface area contributed by atoms with Crippen LogP contribution in [0, 0.1) is 11.8 Å². The maximum absolute atomic E-state index is 14.0. The number of nitrogens with two attached hydrogens (primary N) is 3. The number of carbonyl (C=O) groups excluding carboxylic acids is 13. The molecular formula is C97H121N16O19+. The van der Waals surface area contributed by atoms with E-state index in [4.69, 9.17) is 31.4 Å². The van der Waals surface area contributed by atoms with Gasteiger partial charge in [-0.2, -0.15) is 0 Å². The number of primary amides is 1. The van der Waals surface area contributed by atoms with Gasteiger partial charge in [0.05, 0.1) is 32.2 Å². The lowest BCUT2D eigenvalue weighted by Crippen LogP contribution is -2.58. The molecule has 18 N–H and O–H groups in total. The topological polar surface area (TPSA) is 530 Å². The third-order valence-electron chi connectivity index (χ3n) is 23.4. The number of aromatic amines is 1. The number of hydrogen-bond acceptors (Lipinski definition) is 20. The highest BCUT2D eigenvalue weighted by atomic mass is 16.6. The van der Waals surface area contributed by atoms with Crippen LogP contribution in [0.3, 0.4) is 0 Å². The average Bonchev–Trinajstić information content (AvgIpc) is 1.61. The molecule has 0 saturated carbocycles. The summed E-state index contributed by atoms with van der Waals surface area (Å²) < 4.78 is 16.3. The van der Waals surface area contributed by atoms with Crippen LogP contribution in [0.25, 0.3) is 22.0 Å². The number of rotatable bonds is 38. The van der Waals surface area contributed by atoms with Crippen molar-refractivity contribution in [3.05, 3.63) is 209 Å². The summed E-state index contributed by atoms with van der Waals surface area (Å²) in [6.45, 7) is 9.95. The van der Waals surface area contributed by atoms with Crippen molar-refractivity contribution < 1.29 is 96.5 Å². The number of H-pyrrole nitrogens is 1. The number of phenolic OH excluding ortho intramolecular Hbond substituents is 1. The monoisotopic (exact) mass is 1810 g/mol. The van der Waals surface area contributed by atoms with Gasteiger partial charge in [0.25, 0.3) is 0 Å². The number of aliphatic imine (C=N–C) groups is 1. The molecule has 0 radical (unpaired) electrons. The molecule has 0 spiro atoms. The molecule has 4 aliphatic heterocycles. The molecular weight excluding hydrogens is 1690 g/mol. The average molecular weight is 1820 g/mol. The maximum atomic E-state index is 14.0. The minimum atomic E-state index is -1.20. The van der Waals surface area contributed by atoms with Crippen LogP contribution in [0.2, 0.25) is 0 Å². The van der Waals surface area contributed by atoms with Gasteiger partial charge < -0.3 is 94.0 Å². The minimum Gasteiger partial charge on any atom is -0.508 e. The van der Waals surface area contributed by atoms with Crippen molar-refractivity contribution in [2.45, 2.75) is 191 Å². The number of ether oxygens (including phenoxy) is 3. The lowest BCUT2D eigenvalue weighted by molar-refractivity contribution is -0.363. The summed E-state index contributed by atoms with van der Waals surface area (Å²) in [6.07, 6.45) is 8.01. The van der Waals surface area contributed by atoms with Gasteiger partial charge in [0.15, 0.2) is 23.7 Å². The van der Waals surface area contributed by atoms with Crippen LogP contribution in [-0.2, 0) is 97.6 Å². The van der Waals surface area contributed by atoms with Gasteiger partial charge in [-0.3, -0.25) is 62.6 Å². The third-order valence-corrected chi connectivity index (χ3v) is 23.4. The van der Waals surface area contributed by atoms with E-state index in [2.05, 4.69) is 62.4 Å². The van der Waals surface area contributed by atoms with Gasteiger partial charge in [-0.05, 0) is 133 Å². The largest absolute Gasteiger partial charge is 0.508 e. The number of carboxylic acids is 1. The van der Waals surface area contributed by atoms with Crippen molar-refractivity contribution in [3.63, 3.8) is 0 Å². The van der Waals surface area contributed by atoms with Crippen LogP contribution >= 0.6 is 0 Å². The third kappa shape index (κ3) is 30.9. The van der Waals surface area contributed by atoms with Crippen LogP contribution in [-0.4, -0.2) is 227 Å². The quantitative estimate of drug-likeness (QED) is 0.0109. The van der Waals surface area contributed by atoms with Gasteiger partial charge in [0, 0.05) is 106 Å². The first-order chi connectivity index (χ1) is 63.6. The Morgan fingerprint density at radius 3 is 1.87 bits per heavy atom. The molecule has 3 fully saturated rings. The van der Waals surface area contributed by atoms with E-state index in [0.717, 1.165) is 94.7 Å². The first-order valence-corrected chi connectivity index (χ1v) is 44.8. The van der Waals surface area contributed by atoms with Crippen LogP contribution < -0.4 is 64.7 Å². The number of aromatic hydroxyl groups is 1. The van der Waals surface area contributed by atoms with Crippen molar-refractivity contribution in [2.24, 2.45) is 34.0 Å². The number of fused-ring (bicyclic) bond motifs is 4. The summed E-state index contributed by atoms with van der Waals surface area (Å²) in [5, 5.41) is 41.8. The Balaban J connectivity index is 0.000000209. The Kier molecular flexibility index (Phi) is 38.6. The fraction of sp³-hybridized carbons (Fsp3) is 0.423. The molecule has 1 aliphatic carbocycles. The molecule has 1 aromatic heterocycles. The lowest BCUT2D eigenvalue weighted by Gasteiger charge is -2.28. The van der Waals surface area contributed by atoms with E-state index < -0.39 is 138 Å². The number of aliphatic carboxylic acids is 1. The number of morpholine rings is 1. The van der Waals surface area contributed by atoms with E-state index in [0.29, 0.717) is 50.5 Å². The molecule has 9 atom stereocenters. The molecule has 12 rings (SSSR count). The van der Waals surface area contributed by atoms with Crippen molar-refractivity contribution in [3.8, 4) is 16.9 Å². The fourth-order valence-corrected chi connectivity index (χ4v) is 16.4. The summed E-state index contributed by atoms with van der Waals surface area (Å²) >= 11 is 0. The second-order valence-electron chi connectivity index (χ2n) is 33.7. The molecule has 6 aromatic carbocycles. The van der Waals surface area contributed by atoms with Gasteiger partial charge in [-0.25, -0.2) is 19.4 Å². The van der Waals surface area contributed by atoms with Crippen LogP contribution in [0.1, 0.15) is 150 Å². The molecule has 35 heteroatoms. The normalized spacial score (nSPS) is 18.4. The predicted molar refractivity (Wildman–Crippen MR) is 491 cm³/mol. The van der Waals surface area contributed by atoms with Crippen LogP contribution in [0.4, 0.5) is 9.59 Å². The number of carboxylic acid groups (broad SMARTS) is 1. The minimum absolute atomic E-state index is 0.0160. The number of unbranched alkanes of at least 4 members (excludes halogenated alkanes) is 1. The van der Waals surface area contributed by atoms with E-state index in [1.54, 1.807) is 61.9 Å². The molecule has 2 unspecified atom stereocenters. The van der Waals surface area contributed by atoms with E-state index in [1.165, 1.54) is 17.0 Å². The van der Waals surface area contributed by atoms with Gasteiger partial charge in [0.1, 0.15) is 67.5 Å². The first-order valence-electron chi connectivity index (χ1n) is 44.8. The zero-order chi connectivity index (χ0) is 94.6. The van der Waals surface area contributed by atoms with Crippen molar-refractivity contribution in [1.82, 2.24) is 57.3 Å². The Morgan fingerprint density at radius 2 is 1.23 bits per heavy atom.